The summed E-state index contributed by atoms with van der Waals surface area (Å²) in [6.07, 6.45) is 3.18. The first-order valence-corrected chi connectivity index (χ1v) is 5.88. The molecule has 2 aromatic rings. The summed E-state index contributed by atoms with van der Waals surface area (Å²) in [5, 5.41) is 3.05. The molecular weight excluding hydrogens is 232 g/mol. The molecule has 0 saturated heterocycles. The molecule has 0 aromatic carbocycles. The molecule has 0 saturated carbocycles. The summed E-state index contributed by atoms with van der Waals surface area (Å²) in [6, 6.07) is 2.11. The molecule has 2 aromatic heterocycles. The van der Waals surface area contributed by atoms with E-state index < -0.39 is 0 Å². The van der Waals surface area contributed by atoms with E-state index in [0.717, 1.165) is 12.1 Å². The fraction of sp³-hybridized carbons (Fsp3) is 0.417. The SMILES string of the molecule is CCNc1nc(OC(C)C)nc(-c2ccoc2)n1. The van der Waals surface area contributed by atoms with Crippen molar-refractivity contribution in [2.24, 2.45) is 0 Å². The van der Waals surface area contributed by atoms with Crippen LogP contribution in [0.3, 0.4) is 0 Å². The van der Waals surface area contributed by atoms with Crippen molar-refractivity contribution >= 4 is 5.95 Å². The van der Waals surface area contributed by atoms with Crippen LogP contribution in [0.5, 0.6) is 6.01 Å². The molecule has 0 aliphatic carbocycles. The number of aromatic nitrogens is 3. The molecule has 0 fully saturated rings. The highest BCUT2D eigenvalue weighted by molar-refractivity contribution is 5.54. The van der Waals surface area contributed by atoms with Gasteiger partial charge in [0.2, 0.25) is 5.95 Å². The van der Waals surface area contributed by atoms with Crippen molar-refractivity contribution in [3.63, 3.8) is 0 Å². The minimum absolute atomic E-state index is 0.0130. The third kappa shape index (κ3) is 2.97. The average molecular weight is 248 g/mol. The zero-order chi connectivity index (χ0) is 13.0. The molecule has 18 heavy (non-hydrogen) atoms. The number of hydrogen-bond donors (Lipinski definition) is 1. The van der Waals surface area contributed by atoms with Gasteiger partial charge < -0.3 is 14.5 Å². The van der Waals surface area contributed by atoms with Crippen LogP contribution in [0.25, 0.3) is 11.4 Å². The number of hydrogen-bond acceptors (Lipinski definition) is 6. The van der Waals surface area contributed by atoms with Crippen LogP contribution in [-0.4, -0.2) is 27.6 Å². The molecule has 1 N–H and O–H groups in total. The Kier molecular flexibility index (Phi) is 3.76. The molecule has 0 bridgehead atoms. The van der Waals surface area contributed by atoms with E-state index in [2.05, 4.69) is 20.3 Å². The molecule has 0 aliphatic heterocycles. The van der Waals surface area contributed by atoms with Crippen molar-refractivity contribution in [2.75, 3.05) is 11.9 Å². The lowest BCUT2D eigenvalue weighted by Crippen LogP contribution is -2.12. The number of nitrogens with one attached hydrogen (secondary N) is 1. The Morgan fingerprint density at radius 1 is 1.33 bits per heavy atom. The lowest BCUT2D eigenvalue weighted by Gasteiger charge is -2.10. The third-order valence-electron chi connectivity index (χ3n) is 2.07. The molecule has 2 rings (SSSR count). The molecule has 0 radical (unpaired) electrons. The number of anilines is 1. The summed E-state index contributed by atoms with van der Waals surface area (Å²) in [7, 11) is 0. The topological polar surface area (TPSA) is 73.1 Å². The summed E-state index contributed by atoms with van der Waals surface area (Å²) in [6.45, 7) is 6.56. The van der Waals surface area contributed by atoms with Crippen LogP contribution in [0.2, 0.25) is 0 Å². The fourth-order valence-corrected chi connectivity index (χ4v) is 1.38. The summed E-state index contributed by atoms with van der Waals surface area (Å²) >= 11 is 0. The number of furan rings is 1. The molecule has 0 aliphatic rings. The van der Waals surface area contributed by atoms with Crippen molar-refractivity contribution < 1.29 is 9.15 Å². The quantitative estimate of drug-likeness (QED) is 0.875. The Morgan fingerprint density at radius 3 is 2.78 bits per heavy atom. The second kappa shape index (κ2) is 5.48. The third-order valence-corrected chi connectivity index (χ3v) is 2.07. The predicted molar refractivity (Wildman–Crippen MR) is 67.5 cm³/mol. The van der Waals surface area contributed by atoms with E-state index in [4.69, 9.17) is 9.15 Å². The molecule has 0 atom stereocenters. The Bertz CT molecular complexity index is 497. The van der Waals surface area contributed by atoms with E-state index in [9.17, 15) is 0 Å². The molecule has 96 valence electrons. The van der Waals surface area contributed by atoms with Gasteiger partial charge in [0.25, 0.3) is 0 Å². The minimum Gasteiger partial charge on any atom is -0.472 e. The van der Waals surface area contributed by atoms with Gasteiger partial charge in [0.05, 0.1) is 17.9 Å². The van der Waals surface area contributed by atoms with E-state index in [1.807, 2.05) is 20.8 Å². The van der Waals surface area contributed by atoms with Crippen molar-refractivity contribution in [3.8, 4) is 17.4 Å². The Labute approximate surface area is 105 Å². The lowest BCUT2D eigenvalue weighted by molar-refractivity contribution is 0.222. The number of ether oxygens (including phenoxy) is 1. The predicted octanol–water partition coefficient (Wildman–Crippen LogP) is 2.35. The molecule has 2 heterocycles. The lowest BCUT2D eigenvalue weighted by atomic mass is 10.3. The van der Waals surface area contributed by atoms with Crippen LogP contribution in [0.15, 0.2) is 23.0 Å². The summed E-state index contributed by atoms with van der Waals surface area (Å²) in [5.41, 5.74) is 0.796. The van der Waals surface area contributed by atoms with E-state index in [1.165, 1.54) is 0 Å². The molecule has 6 nitrogen and oxygen atoms in total. The van der Waals surface area contributed by atoms with Crippen LogP contribution < -0.4 is 10.1 Å². The zero-order valence-corrected chi connectivity index (χ0v) is 10.7. The maximum atomic E-state index is 5.51. The Morgan fingerprint density at radius 2 is 2.17 bits per heavy atom. The van der Waals surface area contributed by atoms with Crippen LogP contribution >= 0.6 is 0 Å². The van der Waals surface area contributed by atoms with Gasteiger partial charge in [0, 0.05) is 6.54 Å². The molecule has 0 spiro atoms. The molecular formula is C12H16N4O2. The van der Waals surface area contributed by atoms with E-state index in [-0.39, 0.29) is 6.10 Å². The number of nitrogens with zero attached hydrogens (tertiary/aromatic N) is 3. The van der Waals surface area contributed by atoms with Crippen LogP contribution in [0, 0.1) is 0 Å². The monoisotopic (exact) mass is 248 g/mol. The minimum atomic E-state index is 0.0130. The van der Waals surface area contributed by atoms with Gasteiger partial charge >= 0.3 is 6.01 Å². The largest absolute Gasteiger partial charge is 0.472 e. The van der Waals surface area contributed by atoms with Gasteiger partial charge in [-0.15, -0.1) is 0 Å². The first-order chi connectivity index (χ1) is 8.69. The summed E-state index contributed by atoms with van der Waals surface area (Å²) < 4.78 is 10.5. The van der Waals surface area contributed by atoms with Crippen LogP contribution in [0.4, 0.5) is 5.95 Å². The smallest absolute Gasteiger partial charge is 0.322 e. The molecule has 6 heteroatoms. The van der Waals surface area contributed by atoms with Gasteiger partial charge in [-0.1, -0.05) is 0 Å². The second-order valence-corrected chi connectivity index (χ2v) is 3.97. The highest BCUT2D eigenvalue weighted by atomic mass is 16.5. The average Bonchev–Trinajstić information content (AvgIpc) is 2.81. The van der Waals surface area contributed by atoms with Crippen molar-refractivity contribution in [1.82, 2.24) is 15.0 Å². The number of rotatable bonds is 5. The van der Waals surface area contributed by atoms with Crippen molar-refractivity contribution in [2.45, 2.75) is 26.9 Å². The highest BCUT2D eigenvalue weighted by Crippen LogP contribution is 2.19. The highest BCUT2D eigenvalue weighted by Gasteiger charge is 2.11. The van der Waals surface area contributed by atoms with Gasteiger partial charge in [-0.05, 0) is 26.8 Å². The van der Waals surface area contributed by atoms with Gasteiger partial charge in [-0.25, -0.2) is 0 Å². The summed E-state index contributed by atoms with van der Waals surface area (Å²) in [4.78, 5) is 12.7. The first kappa shape index (κ1) is 12.3. The van der Waals surface area contributed by atoms with Crippen LogP contribution in [-0.2, 0) is 0 Å². The van der Waals surface area contributed by atoms with Gasteiger partial charge in [-0.3, -0.25) is 0 Å². The maximum Gasteiger partial charge on any atom is 0.322 e. The van der Waals surface area contributed by atoms with E-state index >= 15 is 0 Å². The standard InChI is InChI=1S/C12H16N4O2/c1-4-13-11-14-10(9-5-6-17-7-9)15-12(16-11)18-8(2)3/h5-8H,4H2,1-3H3,(H,13,14,15,16). The molecule has 0 unspecified atom stereocenters. The Balaban J connectivity index is 2.36. The normalized spacial score (nSPS) is 10.7. The van der Waals surface area contributed by atoms with Crippen molar-refractivity contribution in [3.05, 3.63) is 18.6 Å². The first-order valence-electron chi connectivity index (χ1n) is 5.88. The second-order valence-electron chi connectivity index (χ2n) is 3.97. The summed E-state index contributed by atoms with van der Waals surface area (Å²) in [5.74, 6) is 1.03. The molecule has 0 amide bonds. The Hall–Kier alpha value is -2.11. The van der Waals surface area contributed by atoms with Gasteiger partial charge in [-0.2, -0.15) is 15.0 Å². The van der Waals surface area contributed by atoms with Gasteiger partial charge in [0.15, 0.2) is 5.82 Å². The van der Waals surface area contributed by atoms with Crippen LogP contribution in [0.1, 0.15) is 20.8 Å². The van der Waals surface area contributed by atoms with E-state index in [0.29, 0.717) is 17.8 Å². The van der Waals surface area contributed by atoms with Crippen molar-refractivity contribution in [1.29, 1.82) is 0 Å². The fourth-order valence-electron chi connectivity index (χ4n) is 1.38. The maximum absolute atomic E-state index is 5.51. The van der Waals surface area contributed by atoms with E-state index in [1.54, 1.807) is 18.6 Å². The van der Waals surface area contributed by atoms with Gasteiger partial charge in [0.1, 0.15) is 6.26 Å². The zero-order valence-electron chi connectivity index (χ0n) is 10.7.